The summed E-state index contributed by atoms with van der Waals surface area (Å²) in [7, 11) is 0. The van der Waals surface area contributed by atoms with Crippen LogP contribution in [0.4, 0.5) is 5.82 Å². The molecule has 21 heavy (non-hydrogen) atoms. The third kappa shape index (κ3) is 2.64. The molecule has 0 saturated heterocycles. The van der Waals surface area contributed by atoms with Gasteiger partial charge in [-0.25, -0.2) is 14.8 Å². The van der Waals surface area contributed by atoms with Gasteiger partial charge in [-0.3, -0.25) is 4.98 Å². The number of hydrogen-bond donors (Lipinski definition) is 2. The zero-order valence-corrected chi connectivity index (χ0v) is 11.0. The van der Waals surface area contributed by atoms with Crippen LogP contribution in [0.25, 0.3) is 10.9 Å². The zero-order chi connectivity index (χ0) is 14.7. The number of nitrogens with zero attached hydrogens (tertiary/aromatic N) is 3. The molecule has 2 N–H and O–H groups in total. The Bertz CT molecular complexity index is 785. The van der Waals surface area contributed by atoms with Crippen molar-refractivity contribution in [1.29, 1.82) is 0 Å². The van der Waals surface area contributed by atoms with Crippen molar-refractivity contribution in [3.63, 3.8) is 0 Å². The second-order valence-electron chi connectivity index (χ2n) is 4.44. The number of benzene rings is 1. The highest BCUT2D eigenvalue weighted by Gasteiger charge is 2.13. The topological polar surface area (TPSA) is 88.0 Å². The number of carboxylic acids is 1. The Labute approximate surface area is 120 Å². The zero-order valence-electron chi connectivity index (χ0n) is 11.0. The van der Waals surface area contributed by atoms with Crippen molar-refractivity contribution < 1.29 is 9.90 Å². The van der Waals surface area contributed by atoms with E-state index in [-0.39, 0.29) is 5.56 Å². The summed E-state index contributed by atoms with van der Waals surface area (Å²) in [5.74, 6) is -0.498. The molecular formula is C15H12N4O2. The number of anilines is 1. The van der Waals surface area contributed by atoms with Crippen molar-refractivity contribution in [3.8, 4) is 0 Å². The third-order valence-electron chi connectivity index (χ3n) is 3.08. The van der Waals surface area contributed by atoms with E-state index in [0.29, 0.717) is 23.3 Å². The Morgan fingerprint density at radius 2 is 2.10 bits per heavy atom. The van der Waals surface area contributed by atoms with Gasteiger partial charge in [0, 0.05) is 18.9 Å². The standard InChI is InChI=1S/C15H12N4O2/c20-15(21)11-4-1-5-12-13(11)14(19-9-18-12)17-8-10-3-2-6-16-7-10/h1-7,9H,8H2,(H,20,21)(H,17,18,19). The molecule has 6 heteroatoms. The number of aromatic carboxylic acids is 1. The predicted molar refractivity (Wildman–Crippen MR) is 78.1 cm³/mol. The Morgan fingerprint density at radius 3 is 2.86 bits per heavy atom. The van der Waals surface area contributed by atoms with Crippen LogP contribution in [0.1, 0.15) is 15.9 Å². The van der Waals surface area contributed by atoms with Gasteiger partial charge in [0.15, 0.2) is 0 Å². The Hall–Kier alpha value is -3.02. The van der Waals surface area contributed by atoms with Crippen LogP contribution >= 0.6 is 0 Å². The smallest absolute Gasteiger partial charge is 0.336 e. The lowest BCUT2D eigenvalue weighted by Gasteiger charge is -2.10. The van der Waals surface area contributed by atoms with Crippen molar-refractivity contribution in [2.45, 2.75) is 6.54 Å². The van der Waals surface area contributed by atoms with E-state index in [1.807, 2.05) is 12.1 Å². The van der Waals surface area contributed by atoms with Gasteiger partial charge >= 0.3 is 5.97 Å². The van der Waals surface area contributed by atoms with Crippen LogP contribution in [0, 0.1) is 0 Å². The summed E-state index contributed by atoms with van der Waals surface area (Å²) in [5.41, 5.74) is 1.76. The summed E-state index contributed by atoms with van der Waals surface area (Å²) in [6, 6.07) is 8.75. The summed E-state index contributed by atoms with van der Waals surface area (Å²) in [5, 5.41) is 13.0. The van der Waals surface area contributed by atoms with Crippen LogP contribution in [0.5, 0.6) is 0 Å². The van der Waals surface area contributed by atoms with Crippen LogP contribution in [0.3, 0.4) is 0 Å². The number of hydrogen-bond acceptors (Lipinski definition) is 5. The van der Waals surface area contributed by atoms with Gasteiger partial charge in [0.25, 0.3) is 0 Å². The van der Waals surface area contributed by atoms with Gasteiger partial charge in [-0.1, -0.05) is 12.1 Å². The van der Waals surface area contributed by atoms with Gasteiger partial charge in [0.1, 0.15) is 12.1 Å². The highest BCUT2D eigenvalue weighted by Crippen LogP contribution is 2.24. The second kappa shape index (κ2) is 5.54. The average Bonchev–Trinajstić information content (AvgIpc) is 2.53. The molecule has 0 bridgehead atoms. The summed E-state index contributed by atoms with van der Waals surface area (Å²) in [4.78, 5) is 23.7. The molecule has 0 saturated carbocycles. The molecule has 0 aliphatic heterocycles. The maximum absolute atomic E-state index is 11.3. The molecule has 2 heterocycles. The Morgan fingerprint density at radius 1 is 1.19 bits per heavy atom. The van der Waals surface area contributed by atoms with Crippen LogP contribution in [-0.2, 0) is 6.54 Å². The van der Waals surface area contributed by atoms with Crippen molar-refractivity contribution in [2.24, 2.45) is 0 Å². The van der Waals surface area contributed by atoms with Gasteiger partial charge in [-0.05, 0) is 23.8 Å². The average molecular weight is 280 g/mol. The van der Waals surface area contributed by atoms with Gasteiger partial charge in [0.2, 0.25) is 0 Å². The number of rotatable bonds is 4. The Kier molecular flexibility index (Phi) is 3.42. The number of carbonyl (C=O) groups is 1. The minimum Gasteiger partial charge on any atom is -0.478 e. The molecule has 0 unspecified atom stereocenters. The second-order valence-corrected chi connectivity index (χ2v) is 4.44. The van der Waals surface area contributed by atoms with Gasteiger partial charge in [-0.2, -0.15) is 0 Å². The van der Waals surface area contributed by atoms with Gasteiger partial charge in [-0.15, -0.1) is 0 Å². The van der Waals surface area contributed by atoms with Gasteiger partial charge in [0.05, 0.1) is 16.5 Å². The largest absolute Gasteiger partial charge is 0.478 e. The van der Waals surface area contributed by atoms with Crippen LogP contribution in [-0.4, -0.2) is 26.0 Å². The number of carboxylic acid groups (broad SMARTS) is 1. The van der Waals surface area contributed by atoms with Gasteiger partial charge < -0.3 is 10.4 Å². The first-order valence-corrected chi connectivity index (χ1v) is 6.35. The molecule has 0 radical (unpaired) electrons. The van der Waals surface area contributed by atoms with Crippen molar-refractivity contribution in [3.05, 3.63) is 60.2 Å². The molecule has 2 aromatic heterocycles. The monoisotopic (exact) mass is 280 g/mol. The van der Waals surface area contributed by atoms with E-state index in [4.69, 9.17) is 0 Å². The van der Waals surface area contributed by atoms with Crippen molar-refractivity contribution in [2.75, 3.05) is 5.32 Å². The highest BCUT2D eigenvalue weighted by molar-refractivity contribution is 6.06. The highest BCUT2D eigenvalue weighted by atomic mass is 16.4. The molecule has 0 amide bonds. The maximum Gasteiger partial charge on any atom is 0.336 e. The van der Waals surface area contributed by atoms with E-state index in [9.17, 15) is 9.90 Å². The van der Waals surface area contributed by atoms with E-state index in [1.54, 1.807) is 30.6 Å². The lowest BCUT2D eigenvalue weighted by atomic mass is 10.1. The molecular weight excluding hydrogens is 268 g/mol. The molecule has 0 aliphatic carbocycles. The molecule has 0 fully saturated rings. The first-order chi connectivity index (χ1) is 10.3. The lowest BCUT2D eigenvalue weighted by Crippen LogP contribution is -2.06. The first-order valence-electron chi connectivity index (χ1n) is 6.35. The number of pyridine rings is 1. The first kappa shape index (κ1) is 13.0. The SMILES string of the molecule is O=C(O)c1cccc2ncnc(NCc3cccnc3)c12. The third-order valence-corrected chi connectivity index (χ3v) is 3.08. The summed E-state index contributed by atoms with van der Waals surface area (Å²) < 4.78 is 0. The van der Waals surface area contributed by atoms with E-state index in [0.717, 1.165) is 5.56 Å². The molecule has 0 atom stereocenters. The quantitative estimate of drug-likeness (QED) is 0.762. The molecule has 3 rings (SSSR count). The summed E-state index contributed by atoms with van der Waals surface area (Å²) in [6.45, 7) is 0.508. The fourth-order valence-corrected chi connectivity index (χ4v) is 2.11. The fraction of sp³-hybridized carbons (Fsp3) is 0.0667. The maximum atomic E-state index is 11.3. The van der Waals surface area contributed by atoms with Crippen LogP contribution in [0.15, 0.2) is 49.1 Å². The summed E-state index contributed by atoms with van der Waals surface area (Å²) in [6.07, 6.45) is 4.86. The van der Waals surface area contributed by atoms with Crippen LogP contribution in [0.2, 0.25) is 0 Å². The number of nitrogens with one attached hydrogen (secondary N) is 1. The van der Waals surface area contributed by atoms with Crippen molar-refractivity contribution >= 4 is 22.7 Å². The van der Waals surface area contributed by atoms with E-state index in [1.165, 1.54) is 6.33 Å². The molecule has 0 spiro atoms. The van der Waals surface area contributed by atoms with Crippen molar-refractivity contribution in [1.82, 2.24) is 15.0 Å². The molecule has 104 valence electrons. The number of fused-ring (bicyclic) bond motifs is 1. The molecule has 3 aromatic rings. The number of aromatic nitrogens is 3. The fourth-order valence-electron chi connectivity index (χ4n) is 2.11. The van der Waals surface area contributed by atoms with E-state index in [2.05, 4.69) is 20.3 Å². The Balaban J connectivity index is 2.00. The lowest BCUT2D eigenvalue weighted by molar-refractivity contribution is 0.0699. The summed E-state index contributed by atoms with van der Waals surface area (Å²) >= 11 is 0. The van der Waals surface area contributed by atoms with E-state index >= 15 is 0 Å². The minimum atomic E-state index is -1.00. The molecule has 6 nitrogen and oxygen atoms in total. The normalized spacial score (nSPS) is 10.5. The minimum absolute atomic E-state index is 0.182. The predicted octanol–water partition coefficient (Wildman–Crippen LogP) is 2.34. The van der Waals surface area contributed by atoms with E-state index < -0.39 is 5.97 Å². The van der Waals surface area contributed by atoms with Crippen LogP contribution < -0.4 is 5.32 Å². The molecule has 0 aliphatic rings. The molecule has 1 aromatic carbocycles.